The van der Waals surface area contributed by atoms with E-state index in [1.54, 1.807) is 37.1 Å². The molecular formula is C21H28IN5O3. The first-order valence-corrected chi connectivity index (χ1v) is 9.49. The molecule has 1 aromatic carbocycles. The number of aromatic nitrogens is 2. The van der Waals surface area contributed by atoms with E-state index in [0.717, 1.165) is 17.1 Å². The lowest BCUT2D eigenvalue weighted by atomic mass is 10.0. The second-order valence-corrected chi connectivity index (χ2v) is 6.75. The van der Waals surface area contributed by atoms with E-state index in [1.807, 2.05) is 43.5 Å². The largest absolute Gasteiger partial charge is 0.497 e. The lowest BCUT2D eigenvalue weighted by Gasteiger charge is -2.22. The summed E-state index contributed by atoms with van der Waals surface area (Å²) in [6.45, 7) is 5.04. The number of nitrogens with one attached hydrogen (secondary N) is 2. The molecule has 2 heterocycles. The van der Waals surface area contributed by atoms with Crippen molar-refractivity contribution in [2.24, 2.45) is 4.99 Å². The third kappa shape index (κ3) is 6.23. The van der Waals surface area contributed by atoms with Crippen LogP contribution in [-0.4, -0.2) is 41.0 Å². The normalized spacial score (nSPS) is 13.3. The SMILES string of the molecule is CCNC(=NCc1ccn(-c2ccc(OC)cc2)n1)NCC(C)(O)c1ccco1.I. The van der Waals surface area contributed by atoms with Crippen LogP contribution in [0.1, 0.15) is 25.3 Å². The maximum absolute atomic E-state index is 10.6. The molecule has 1 atom stereocenters. The minimum Gasteiger partial charge on any atom is -0.497 e. The number of furan rings is 1. The van der Waals surface area contributed by atoms with Crippen LogP contribution in [0.2, 0.25) is 0 Å². The highest BCUT2D eigenvalue weighted by atomic mass is 127. The molecule has 8 nitrogen and oxygen atoms in total. The number of methoxy groups -OCH3 is 1. The molecule has 0 bridgehead atoms. The topological polar surface area (TPSA) is 96.8 Å². The zero-order valence-corrected chi connectivity index (χ0v) is 19.7. The molecule has 0 amide bonds. The molecule has 0 aliphatic carbocycles. The lowest BCUT2D eigenvalue weighted by molar-refractivity contribution is 0.0386. The molecule has 0 radical (unpaired) electrons. The van der Waals surface area contributed by atoms with Gasteiger partial charge in [0, 0.05) is 12.7 Å². The molecule has 0 fully saturated rings. The predicted molar refractivity (Wildman–Crippen MR) is 127 cm³/mol. The second-order valence-electron chi connectivity index (χ2n) is 6.75. The van der Waals surface area contributed by atoms with Crippen molar-refractivity contribution in [1.82, 2.24) is 20.4 Å². The van der Waals surface area contributed by atoms with Gasteiger partial charge in [-0.05, 0) is 56.3 Å². The Morgan fingerprint density at radius 1 is 1.23 bits per heavy atom. The number of hydrogen-bond acceptors (Lipinski definition) is 5. The molecule has 0 saturated carbocycles. The highest BCUT2D eigenvalue weighted by Crippen LogP contribution is 2.19. The quantitative estimate of drug-likeness (QED) is 0.238. The summed E-state index contributed by atoms with van der Waals surface area (Å²) in [5, 5.41) is 21.5. The molecule has 0 aliphatic heterocycles. The van der Waals surface area contributed by atoms with Gasteiger partial charge in [0.15, 0.2) is 5.96 Å². The number of benzene rings is 1. The molecular weight excluding hydrogens is 497 g/mol. The fourth-order valence-electron chi connectivity index (χ4n) is 2.75. The minimum absolute atomic E-state index is 0. The number of guanidine groups is 1. The molecule has 9 heteroatoms. The first-order chi connectivity index (χ1) is 14.0. The van der Waals surface area contributed by atoms with Crippen LogP contribution in [0.15, 0.2) is 64.3 Å². The van der Waals surface area contributed by atoms with Crippen LogP contribution in [0.5, 0.6) is 5.75 Å². The van der Waals surface area contributed by atoms with Crippen molar-refractivity contribution in [2.45, 2.75) is 26.0 Å². The van der Waals surface area contributed by atoms with Crippen molar-refractivity contribution in [2.75, 3.05) is 20.2 Å². The summed E-state index contributed by atoms with van der Waals surface area (Å²) in [6.07, 6.45) is 3.44. The highest BCUT2D eigenvalue weighted by Gasteiger charge is 2.26. The summed E-state index contributed by atoms with van der Waals surface area (Å²) in [6, 6.07) is 13.1. The predicted octanol–water partition coefficient (Wildman–Crippen LogP) is 3.05. The second kappa shape index (κ2) is 11.0. The van der Waals surface area contributed by atoms with Gasteiger partial charge in [-0.2, -0.15) is 5.10 Å². The van der Waals surface area contributed by atoms with Gasteiger partial charge in [-0.3, -0.25) is 0 Å². The molecule has 162 valence electrons. The van der Waals surface area contributed by atoms with Crippen LogP contribution >= 0.6 is 24.0 Å². The van der Waals surface area contributed by atoms with E-state index in [0.29, 0.717) is 24.8 Å². The smallest absolute Gasteiger partial charge is 0.191 e. The van der Waals surface area contributed by atoms with Crippen molar-refractivity contribution in [3.63, 3.8) is 0 Å². The van der Waals surface area contributed by atoms with Gasteiger partial charge in [-0.25, -0.2) is 9.67 Å². The Kier molecular flexibility index (Phi) is 8.72. The van der Waals surface area contributed by atoms with Crippen molar-refractivity contribution in [3.05, 3.63) is 66.4 Å². The first kappa shape index (κ1) is 23.7. The fourth-order valence-corrected chi connectivity index (χ4v) is 2.75. The van der Waals surface area contributed by atoms with Crippen LogP contribution < -0.4 is 15.4 Å². The van der Waals surface area contributed by atoms with Gasteiger partial charge in [0.2, 0.25) is 0 Å². The standard InChI is InChI=1S/C21H27N5O3.HI/c1-4-22-20(24-15-21(2,27)19-6-5-13-29-19)23-14-16-11-12-26(25-16)17-7-9-18(28-3)10-8-17;/h5-13,27H,4,14-15H2,1-3H3,(H2,22,23,24);1H. The molecule has 0 aliphatic rings. The summed E-state index contributed by atoms with van der Waals surface area (Å²) in [4.78, 5) is 4.56. The van der Waals surface area contributed by atoms with Gasteiger partial charge in [-0.1, -0.05) is 0 Å². The summed E-state index contributed by atoms with van der Waals surface area (Å²) in [5.41, 5.74) is 0.631. The average molecular weight is 525 g/mol. The van der Waals surface area contributed by atoms with Crippen molar-refractivity contribution >= 4 is 29.9 Å². The number of nitrogens with zero attached hydrogens (tertiary/aromatic N) is 3. The van der Waals surface area contributed by atoms with E-state index >= 15 is 0 Å². The maximum Gasteiger partial charge on any atom is 0.191 e. The first-order valence-electron chi connectivity index (χ1n) is 9.49. The molecule has 3 rings (SSSR count). The molecule has 3 aromatic rings. The highest BCUT2D eigenvalue weighted by molar-refractivity contribution is 14.0. The number of rotatable bonds is 8. The van der Waals surface area contributed by atoms with Gasteiger partial charge in [0.1, 0.15) is 17.1 Å². The third-order valence-corrected chi connectivity index (χ3v) is 4.38. The van der Waals surface area contributed by atoms with Crippen molar-refractivity contribution < 1.29 is 14.3 Å². The Labute approximate surface area is 193 Å². The zero-order chi connectivity index (χ0) is 20.7. The molecule has 1 unspecified atom stereocenters. The molecule has 3 N–H and O–H groups in total. The Morgan fingerprint density at radius 2 is 2.00 bits per heavy atom. The van der Waals surface area contributed by atoms with Crippen LogP contribution in [0, 0.1) is 0 Å². The number of aliphatic hydroxyl groups is 1. The number of halogens is 1. The van der Waals surface area contributed by atoms with Crippen LogP contribution in [0.3, 0.4) is 0 Å². The van der Waals surface area contributed by atoms with Gasteiger partial charge >= 0.3 is 0 Å². The summed E-state index contributed by atoms with van der Waals surface area (Å²) in [7, 11) is 1.64. The fraction of sp³-hybridized carbons (Fsp3) is 0.333. The van der Waals surface area contributed by atoms with Gasteiger partial charge in [-0.15, -0.1) is 24.0 Å². The Morgan fingerprint density at radius 3 is 2.63 bits per heavy atom. The summed E-state index contributed by atoms with van der Waals surface area (Å²) in [5.74, 6) is 1.90. The third-order valence-electron chi connectivity index (χ3n) is 4.38. The maximum atomic E-state index is 10.6. The number of ether oxygens (including phenoxy) is 1. The summed E-state index contributed by atoms with van der Waals surface area (Å²) >= 11 is 0. The van der Waals surface area contributed by atoms with Gasteiger partial charge in [0.05, 0.1) is 37.8 Å². The van der Waals surface area contributed by atoms with Crippen molar-refractivity contribution in [1.29, 1.82) is 0 Å². The van der Waals surface area contributed by atoms with Gasteiger partial charge < -0.3 is 24.9 Å². The molecule has 30 heavy (non-hydrogen) atoms. The van der Waals surface area contributed by atoms with E-state index in [9.17, 15) is 5.11 Å². The van der Waals surface area contributed by atoms with E-state index in [1.165, 1.54) is 0 Å². The van der Waals surface area contributed by atoms with E-state index in [2.05, 4.69) is 20.7 Å². The zero-order valence-electron chi connectivity index (χ0n) is 17.3. The number of aliphatic imine (C=N–C) groups is 1. The summed E-state index contributed by atoms with van der Waals surface area (Å²) < 4.78 is 12.3. The lowest BCUT2D eigenvalue weighted by Crippen LogP contribution is -2.44. The van der Waals surface area contributed by atoms with Crippen LogP contribution in [0.25, 0.3) is 5.69 Å². The average Bonchev–Trinajstić information content (AvgIpc) is 3.43. The van der Waals surface area contributed by atoms with E-state index < -0.39 is 5.60 Å². The Hall–Kier alpha value is -2.53. The molecule has 2 aromatic heterocycles. The monoisotopic (exact) mass is 525 g/mol. The molecule has 0 spiro atoms. The van der Waals surface area contributed by atoms with E-state index in [-0.39, 0.29) is 30.5 Å². The van der Waals surface area contributed by atoms with Crippen LogP contribution in [0.4, 0.5) is 0 Å². The van der Waals surface area contributed by atoms with E-state index in [4.69, 9.17) is 9.15 Å². The van der Waals surface area contributed by atoms with Crippen LogP contribution in [-0.2, 0) is 12.1 Å². The Bertz CT molecular complexity index is 921. The van der Waals surface area contributed by atoms with Gasteiger partial charge in [0.25, 0.3) is 0 Å². The Balaban J connectivity index is 0.00000320. The van der Waals surface area contributed by atoms with Crippen molar-refractivity contribution in [3.8, 4) is 11.4 Å². The minimum atomic E-state index is -1.14. The molecule has 0 saturated heterocycles. The number of hydrogen-bond donors (Lipinski definition) is 3.